The zero-order valence-electron chi connectivity index (χ0n) is 30.6. The number of carbonyl (C=O) groups is 2. The summed E-state index contributed by atoms with van der Waals surface area (Å²) in [4.78, 5) is 58.8. The number of nitrogens with one attached hydrogen (secondary N) is 1. The van der Waals surface area contributed by atoms with Crippen molar-refractivity contribution in [3.05, 3.63) is 117 Å². The van der Waals surface area contributed by atoms with Crippen molar-refractivity contribution in [1.29, 1.82) is 0 Å². The highest BCUT2D eigenvalue weighted by molar-refractivity contribution is 8.09. The van der Waals surface area contributed by atoms with Gasteiger partial charge >= 0.3 is 11.9 Å². The third-order valence-corrected chi connectivity index (χ3v) is 6.18. The van der Waals surface area contributed by atoms with Gasteiger partial charge in [-0.1, -0.05) is 68.1 Å². The van der Waals surface area contributed by atoms with E-state index in [4.69, 9.17) is 28.8 Å². The van der Waals surface area contributed by atoms with Crippen LogP contribution in [0.4, 0.5) is 0 Å². The van der Waals surface area contributed by atoms with Gasteiger partial charge in [0, 0.05) is 19.6 Å². The summed E-state index contributed by atoms with van der Waals surface area (Å²) in [5, 5.41) is 7.65. The maximum atomic E-state index is 12.3. The number of H-pyrrole nitrogens is 1. The van der Waals surface area contributed by atoms with Crippen molar-refractivity contribution in [3.63, 3.8) is 0 Å². The molecule has 2 aromatic heterocycles. The zero-order valence-corrected chi connectivity index (χ0v) is 31.4. The molecule has 0 aliphatic heterocycles. The molecule has 4 rings (SSSR count). The number of ether oxygens (including phenoxy) is 4. The second-order valence-electron chi connectivity index (χ2n) is 13.5. The van der Waals surface area contributed by atoms with Crippen LogP contribution in [0.25, 0.3) is 0 Å². The highest BCUT2D eigenvalue weighted by Crippen LogP contribution is 2.19. The number of esters is 2. The van der Waals surface area contributed by atoms with Crippen LogP contribution in [0.3, 0.4) is 0 Å². The predicted octanol–water partition coefficient (Wildman–Crippen LogP) is 5.20. The Morgan fingerprint density at radius 2 is 1.17 bits per heavy atom. The van der Waals surface area contributed by atoms with Crippen LogP contribution >= 0.6 is 0 Å². The van der Waals surface area contributed by atoms with E-state index in [-0.39, 0.29) is 43.5 Å². The molecule has 0 saturated heterocycles. The lowest BCUT2D eigenvalue weighted by atomic mass is 10.2. The second-order valence-corrected chi connectivity index (χ2v) is 17.0. The Kier molecular flexibility index (Phi) is 16.4. The van der Waals surface area contributed by atoms with E-state index in [9.17, 15) is 23.4 Å². The van der Waals surface area contributed by atoms with Crippen LogP contribution in [0.2, 0.25) is 0 Å². The molecule has 0 spiro atoms. The van der Waals surface area contributed by atoms with Crippen molar-refractivity contribution in [1.82, 2.24) is 19.5 Å². The van der Waals surface area contributed by atoms with E-state index in [1.807, 2.05) is 60.7 Å². The summed E-state index contributed by atoms with van der Waals surface area (Å²) in [5.41, 5.74) is -0.805. The number of hydrogen-bond donors (Lipinski definition) is 3. The van der Waals surface area contributed by atoms with E-state index >= 15 is 0 Å². The molecule has 0 radical (unpaired) electrons. The molecule has 0 atom stereocenters. The Labute approximate surface area is 308 Å². The molecule has 3 N–H and O–H groups in total. The van der Waals surface area contributed by atoms with Gasteiger partial charge in [0.05, 0.1) is 12.7 Å². The lowest BCUT2D eigenvalue weighted by molar-refractivity contribution is -0.141. The molecular formula is C36H50N4O12S. The first kappa shape index (κ1) is 45.8. The number of aromatic amines is 1. The standard InChI is InChI=1S/C17H20N2O4.C16H18N2O4.C2H8O4S.CH4/c1-17(2,3)23-16(21)13-14(15(20)19(4)11-18-13)22-10-12-8-6-5-7-9-12;1-16(2,3)22-15(20)12-13(14(19)18-10-17-12)21-9-11-7-5-4-6-8-11;1-7(2,4,5)6-3;/h5-9,11H,10H2,1-4H3;4-8,10H,9H2,1-3H3,(H,17,18,19);3H,1-2H3,(H,4,5);1H4. The largest absolute Gasteiger partial charge is 0.481 e. The minimum absolute atomic E-state index is 0. The number of carbonyl (C=O) groups excluding carboxylic acids is 2. The molecular weight excluding hydrogens is 712 g/mol. The summed E-state index contributed by atoms with van der Waals surface area (Å²) in [6, 6.07) is 18.7. The fraction of sp³-hybridized carbons (Fsp3) is 0.389. The zero-order chi connectivity index (χ0) is 39.4. The molecule has 292 valence electrons. The summed E-state index contributed by atoms with van der Waals surface area (Å²) in [6.07, 6.45) is 4.22. The fourth-order valence-electron chi connectivity index (χ4n) is 3.57. The van der Waals surface area contributed by atoms with E-state index < -0.39 is 43.9 Å². The first-order chi connectivity index (χ1) is 24.0. The van der Waals surface area contributed by atoms with E-state index in [1.54, 1.807) is 48.6 Å². The average molecular weight is 763 g/mol. The van der Waals surface area contributed by atoms with Gasteiger partial charge in [-0.25, -0.2) is 29.0 Å². The van der Waals surface area contributed by atoms with Gasteiger partial charge in [-0.2, -0.15) is 0 Å². The Balaban J connectivity index is 0.000000443. The quantitative estimate of drug-likeness (QED) is 0.113. The number of aryl methyl sites for hydroxylation is 1. The van der Waals surface area contributed by atoms with Gasteiger partial charge in [-0.05, 0) is 52.7 Å². The Bertz CT molecular complexity index is 1970. The SMILES string of the molecule is C.CC(C)(C)OC(=O)c1nc[nH]c(=O)c1OCc1ccccc1.CS(C)(=O)(O)OO.Cn1cnc(C(=O)OC(C)(C)C)c(OCc2ccccc2)c1=O. The molecule has 53 heavy (non-hydrogen) atoms. The summed E-state index contributed by atoms with van der Waals surface area (Å²) in [5.74, 6) is -1.62. The van der Waals surface area contributed by atoms with Crippen LogP contribution in [0.15, 0.2) is 82.9 Å². The molecule has 0 aliphatic rings. The molecule has 2 heterocycles. The van der Waals surface area contributed by atoms with E-state index in [0.717, 1.165) is 30.0 Å². The number of nitrogens with zero attached hydrogens (tertiary/aromatic N) is 3. The normalized spacial score (nSPS) is 11.8. The highest BCUT2D eigenvalue weighted by Gasteiger charge is 2.26. The van der Waals surface area contributed by atoms with Crippen LogP contribution in [0.5, 0.6) is 11.5 Å². The molecule has 4 aromatic rings. The van der Waals surface area contributed by atoms with Crippen LogP contribution in [-0.2, 0) is 43.7 Å². The van der Waals surface area contributed by atoms with E-state index in [1.165, 1.54) is 10.9 Å². The molecule has 16 nitrogen and oxygen atoms in total. The highest BCUT2D eigenvalue weighted by atomic mass is 32.3. The first-order valence-electron chi connectivity index (χ1n) is 15.6. The molecule has 0 bridgehead atoms. The van der Waals surface area contributed by atoms with Gasteiger partial charge in [0.1, 0.15) is 34.0 Å². The summed E-state index contributed by atoms with van der Waals surface area (Å²) >= 11 is 0. The Morgan fingerprint density at radius 1 is 0.774 bits per heavy atom. The van der Waals surface area contributed by atoms with Crippen LogP contribution in [0, 0.1) is 0 Å². The monoisotopic (exact) mass is 762 g/mol. The summed E-state index contributed by atoms with van der Waals surface area (Å²) in [6.45, 7) is 10.8. The average Bonchev–Trinajstić information content (AvgIpc) is 3.04. The third kappa shape index (κ3) is 17.2. The van der Waals surface area contributed by atoms with Crippen LogP contribution in [0.1, 0.15) is 81.1 Å². The fourth-order valence-corrected chi connectivity index (χ4v) is 3.57. The predicted molar refractivity (Wildman–Crippen MR) is 199 cm³/mol. The van der Waals surface area contributed by atoms with Crippen LogP contribution < -0.4 is 20.6 Å². The smallest absolute Gasteiger partial charge is 0.361 e. The Hall–Kier alpha value is -5.23. The van der Waals surface area contributed by atoms with Gasteiger partial charge in [-0.15, -0.1) is 4.33 Å². The van der Waals surface area contributed by atoms with Gasteiger partial charge in [0.2, 0.25) is 11.5 Å². The van der Waals surface area contributed by atoms with Crippen molar-refractivity contribution < 1.29 is 46.9 Å². The van der Waals surface area contributed by atoms with Gasteiger partial charge in [0.25, 0.3) is 11.1 Å². The van der Waals surface area contributed by atoms with Crippen molar-refractivity contribution >= 4 is 21.6 Å². The second kappa shape index (κ2) is 19.0. The van der Waals surface area contributed by atoms with Crippen LogP contribution in [-0.4, -0.2) is 69.2 Å². The van der Waals surface area contributed by atoms with Crippen molar-refractivity contribution in [3.8, 4) is 11.5 Å². The molecule has 2 aromatic carbocycles. The molecule has 0 amide bonds. The topological polar surface area (TPSA) is 218 Å². The minimum Gasteiger partial charge on any atom is -0.481 e. The number of aromatic nitrogens is 4. The first-order valence-corrected chi connectivity index (χ1v) is 18.3. The molecule has 0 fully saturated rings. The molecule has 0 unspecified atom stereocenters. The molecule has 0 aliphatic carbocycles. The summed E-state index contributed by atoms with van der Waals surface area (Å²) < 4.78 is 44.7. The van der Waals surface area contributed by atoms with Crippen molar-refractivity contribution in [2.75, 3.05) is 12.5 Å². The Morgan fingerprint density at radius 3 is 1.57 bits per heavy atom. The maximum Gasteiger partial charge on any atom is 0.361 e. The van der Waals surface area contributed by atoms with E-state index in [2.05, 4.69) is 19.3 Å². The number of rotatable bonds is 9. The van der Waals surface area contributed by atoms with Gasteiger partial charge in [-0.3, -0.25) is 14.2 Å². The van der Waals surface area contributed by atoms with Gasteiger partial charge < -0.3 is 28.5 Å². The van der Waals surface area contributed by atoms with E-state index in [0.29, 0.717) is 0 Å². The third-order valence-electron chi connectivity index (χ3n) is 5.75. The lowest BCUT2D eigenvalue weighted by Gasteiger charge is -2.20. The lowest BCUT2D eigenvalue weighted by Crippen LogP contribution is -2.29. The van der Waals surface area contributed by atoms with Crippen molar-refractivity contribution in [2.24, 2.45) is 7.05 Å². The molecule has 0 saturated carbocycles. The van der Waals surface area contributed by atoms with Crippen molar-refractivity contribution in [2.45, 2.75) is 73.4 Å². The summed E-state index contributed by atoms with van der Waals surface area (Å²) in [7, 11) is -2.51. The molecule has 17 heteroatoms. The van der Waals surface area contributed by atoms with Gasteiger partial charge in [0.15, 0.2) is 11.4 Å². The number of benzene rings is 2. The maximum absolute atomic E-state index is 12.3. The number of hydrogen-bond acceptors (Lipinski definition) is 13. The minimum atomic E-state index is -4.06.